The third-order valence-electron chi connectivity index (χ3n) is 2.79. The highest BCUT2D eigenvalue weighted by atomic mass is 16.5. The van der Waals surface area contributed by atoms with Gasteiger partial charge in [0.2, 0.25) is 5.91 Å². The van der Waals surface area contributed by atoms with Gasteiger partial charge < -0.3 is 25.4 Å². The number of nitrogens with one attached hydrogen (secondary N) is 2. The first kappa shape index (κ1) is 15.2. The molecule has 2 atom stereocenters. The average molecular weight is 273 g/mol. The van der Waals surface area contributed by atoms with Crippen molar-refractivity contribution in [2.24, 2.45) is 0 Å². The van der Waals surface area contributed by atoms with E-state index in [0.29, 0.717) is 13.2 Å². The molecule has 3 N–H and O–H groups in total. The molecule has 19 heavy (non-hydrogen) atoms. The quantitative estimate of drug-likeness (QED) is 0.609. The summed E-state index contributed by atoms with van der Waals surface area (Å²) >= 11 is 0. The van der Waals surface area contributed by atoms with Crippen LogP contribution in [0.15, 0.2) is 0 Å². The Morgan fingerprint density at radius 2 is 2.16 bits per heavy atom. The molecule has 1 aliphatic rings. The molecule has 1 saturated heterocycles. The molecule has 0 spiro atoms. The average Bonchev–Trinajstić information content (AvgIpc) is 2.36. The molecule has 1 fully saturated rings. The summed E-state index contributed by atoms with van der Waals surface area (Å²) in [5.74, 6) is -1.29. The number of ether oxygens (including phenoxy) is 1. The minimum atomic E-state index is -0.988. The van der Waals surface area contributed by atoms with Crippen LogP contribution in [0.2, 0.25) is 0 Å². The van der Waals surface area contributed by atoms with E-state index in [1.165, 1.54) is 11.9 Å². The molecule has 2 unspecified atom stereocenters. The summed E-state index contributed by atoms with van der Waals surface area (Å²) in [4.78, 5) is 35.5. The number of nitrogens with zero attached hydrogens (tertiary/aromatic N) is 1. The zero-order valence-corrected chi connectivity index (χ0v) is 11.0. The molecule has 8 nitrogen and oxygen atoms in total. The normalized spacial score (nSPS) is 20.5. The molecule has 108 valence electrons. The van der Waals surface area contributed by atoms with Crippen molar-refractivity contribution in [1.29, 1.82) is 0 Å². The molecular formula is C11H19N3O5. The Morgan fingerprint density at radius 1 is 1.47 bits per heavy atom. The SMILES string of the molecule is CNC(=O)C1COCCN1C(=O)NC(C)CC(=O)O. The van der Waals surface area contributed by atoms with Crippen LogP contribution in [0, 0.1) is 0 Å². The van der Waals surface area contributed by atoms with Crippen molar-refractivity contribution in [2.75, 3.05) is 26.8 Å². The predicted octanol–water partition coefficient (Wildman–Crippen LogP) is -0.994. The van der Waals surface area contributed by atoms with Gasteiger partial charge in [-0.25, -0.2) is 4.79 Å². The van der Waals surface area contributed by atoms with Gasteiger partial charge in [0.15, 0.2) is 0 Å². The van der Waals surface area contributed by atoms with Crippen molar-refractivity contribution in [1.82, 2.24) is 15.5 Å². The number of carboxylic acid groups (broad SMARTS) is 1. The predicted molar refractivity (Wildman–Crippen MR) is 65.6 cm³/mol. The van der Waals surface area contributed by atoms with Gasteiger partial charge in [0.1, 0.15) is 6.04 Å². The smallest absolute Gasteiger partial charge is 0.318 e. The lowest BCUT2D eigenvalue weighted by Crippen LogP contribution is -2.58. The van der Waals surface area contributed by atoms with Crippen LogP contribution in [0.5, 0.6) is 0 Å². The maximum absolute atomic E-state index is 12.0. The molecule has 0 saturated carbocycles. The summed E-state index contributed by atoms with van der Waals surface area (Å²) in [7, 11) is 1.49. The standard InChI is InChI=1S/C11H19N3O5/c1-7(5-9(15)16)13-11(18)14-3-4-19-6-8(14)10(17)12-2/h7-8H,3-6H2,1-2H3,(H,12,17)(H,13,18)(H,15,16). The van der Waals surface area contributed by atoms with E-state index < -0.39 is 24.1 Å². The van der Waals surface area contributed by atoms with E-state index in [1.54, 1.807) is 6.92 Å². The third kappa shape index (κ3) is 4.40. The number of carbonyl (C=O) groups is 3. The summed E-state index contributed by atoms with van der Waals surface area (Å²) in [5.41, 5.74) is 0. The number of carboxylic acids is 1. The van der Waals surface area contributed by atoms with E-state index in [9.17, 15) is 14.4 Å². The largest absolute Gasteiger partial charge is 0.481 e. The lowest BCUT2D eigenvalue weighted by atomic mass is 10.2. The topological polar surface area (TPSA) is 108 Å². The first-order valence-corrected chi connectivity index (χ1v) is 6.04. The first-order chi connectivity index (χ1) is 8.95. The van der Waals surface area contributed by atoms with Gasteiger partial charge in [-0.15, -0.1) is 0 Å². The third-order valence-corrected chi connectivity index (χ3v) is 2.79. The van der Waals surface area contributed by atoms with Gasteiger partial charge in [-0.3, -0.25) is 9.59 Å². The second kappa shape index (κ2) is 6.93. The Balaban J connectivity index is 2.61. The van der Waals surface area contributed by atoms with Gasteiger partial charge in [-0.1, -0.05) is 0 Å². The molecular weight excluding hydrogens is 254 g/mol. The molecule has 0 bridgehead atoms. The van der Waals surface area contributed by atoms with Crippen LogP contribution in [-0.2, 0) is 14.3 Å². The number of aliphatic carboxylic acids is 1. The number of morpholine rings is 1. The van der Waals surface area contributed by atoms with Crippen LogP contribution in [0.3, 0.4) is 0 Å². The number of hydrogen-bond acceptors (Lipinski definition) is 4. The summed E-state index contributed by atoms with van der Waals surface area (Å²) < 4.78 is 5.18. The monoisotopic (exact) mass is 273 g/mol. The lowest BCUT2D eigenvalue weighted by Gasteiger charge is -2.34. The number of urea groups is 1. The van der Waals surface area contributed by atoms with Crippen molar-refractivity contribution in [3.8, 4) is 0 Å². The van der Waals surface area contributed by atoms with E-state index in [0.717, 1.165) is 0 Å². The first-order valence-electron chi connectivity index (χ1n) is 6.04. The number of likely N-dealkylation sites (N-methyl/N-ethyl adjacent to an activating group) is 1. The van der Waals surface area contributed by atoms with Gasteiger partial charge in [-0.05, 0) is 6.92 Å². The summed E-state index contributed by atoms with van der Waals surface area (Å²) in [6.45, 7) is 2.39. The maximum Gasteiger partial charge on any atom is 0.318 e. The molecule has 0 aromatic heterocycles. The highest BCUT2D eigenvalue weighted by Gasteiger charge is 2.32. The van der Waals surface area contributed by atoms with Crippen LogP contribution >= 0.6 is 0 Å². The van der Waals surface area contributed by atoms with E-state index in [2.05, 4.69) is 10.6 Å². The van der Waals surface area contributed by atoms with Crippen LogP contribution in [0.4, 0.5) is 4.79 Å². The Labute approximate surface area is 111 Å². The van der Waals surface area contributed by atoms with Gasteiger partial charge in [0.05, 0.1) is 19.6 Å². The Morgan fingerprint density at radius 3 is 2.74 bits per heavy atom. The van der Waals surface area contributed by atoms with Crippen molar-refractivity contribution in [3.63, 3.8) is 0 Å². The van der Waals surface area contributed by atoms with E-state index >= 15 is 0 Å². The molecule has 0 aromatic rings. The Kier molecular flexibility index (Phi) is 5.56. The number of amides is 3. The zero-order valence-electron chi connectivity index (χ0n) is 11.0. The molecule has 8 heteroatoms. The van der Waals surface area contributed by atoms with E-state index in [-0.39, 0.29) is 18.9 Å². The Bertz CT molecular complexity index is 360. The number of rotatable bonds is 4. The zero-order chi connectivity index (χ0) is 14.4. The van der Waals surface area contributed by atoms with Crippen LogP contribution < -0.4 is 10.6 Å². The fraction of sp³-hybridized carbons (Fsp3) is 0.727. The fourth-order valence-electron chi connectivity index (χ4n) is 1.84. The highest BCUT2D eigenvalue weighted by Crippen LogP contribution is 2.08. The summed E-state index contributed by atoms with van der Waals surface area (Å²) in [6.07, 6.45) is -0.166. The van der Waals surface area contributed by atoms with Crippen LogP contribution in [-0.4, -0.2) is 66.8 Å². The van der Waals surface area contributed by atoms with Gasteiger partial charge in [0.25, 0.3) is 0 Å². The molecule has 1 aliphatic heterocycles. The minimum Gasteiger partial charge on any atom is -0.481 e. The lowest BCUT2D eigenvalue weighted by molar-refractivity contribution is -0.137. The van der Waals surface area contributed by atoms with Crippen molar-refractivity contribution in [2.45, 2.75) is 25.4 Å². The van der Waals surface area contributed by atoms with Crippen LogP contribution in [0.25, 0.3) is 0 Å². The van der Waals surface area contributed by atoms with Gasteiger partial charge >= 0.3 is 12.0 Å². The summed E-state index contributed by atoms with van der Waals surface area (Å²) in [5, 5.41) is 13.7. The molecule has 1 heterocycles. The van der Waals surface area contributed by atoms with Crippen molar-refractivity contribution < 1.29 is 24.2 Å². The summed E-state index contributed by atoms with van der Waals surface area (Å²) in [6, 6.07) is -1.64. The van der Waals surface area contributed by atoms with Crippen molar-refractivity contribution in [3.05, 3.63) is 0 Å². The van der Waals surface area contributed by atoms with E-state index in [4.69, 9.17) is 9.84 Å². The number of carbonyl (C=O) groups excluding carboxylic acids is 2. The minimum absolute atomic E-state index is 0.139. The Hall–Kier alpha value is -1.83. The van der Waals surface area contributed by atoms with Crippen molar-refractivity contribution >= 4 is 17.9 Å². The fourth-order valence-corrected chi connectivity index (χ4v) is 1.84. The highest BCUT2D eigenvalue weighted by molar-refractivity contribution is 5.87. The second-order valence-corrected chi connectivity index (χ2v) is 4.35. The maximum atomic E-state index is 12.0. The molecule has 1 rings (SSSR count). The molecule has 0 aliphatic carbocycles. The molecule has 3 amide bonds. The van der Waals surface area contributed by atoms with Gasteiger partial charge in [-0.2, -0.15) is 0 Å². The number of hydrogen-bond donors (Lipinski definition) is 3. The van der Waals surface area contributed by atoms with E-state index in [1.807, 2.05) is 0 Å². The molecule has 0 aromatic carbocycles. The molecule has 0 radical (unpaired) electrons. The van der Waals surface area contributed by atoms with Crippen LogP contribution in [0.1, 0.15) is 13.3 Å². The van der Waals surface area contributed by atoms with Gasteiger partial charge in [0, 0.05) is 19.6 Å². The second-order valence-electron chi connectivity index (χ2n) is 4.35.